The number of pyridine rings is 1. The molecule has 4 nitrogen and oxygen atoms in total. The molecule has 0 fully saturated rings. The Bertz CT molecular complexity index is 886. The summed E-state index contributed by atoms with van der Waals surface area (Å²) in [6, 6.07) is 5.14. The van der Waals surface area contributed by atoms with Crippen LogP contribution in [0.1, 0.15) is 16.8 Å². The van der Waals surface area contributed by atoms with Gasteiger partial charge in [-0.25, -0.2) is 8.78 Å². The van der Waals surface area contributed by atoms with E-state index in [1.54, 1.807) is 19.4 Å². The molecule has 0 unspecified atom stereocenters. The summed E-state index contributed by atoms with van der Waals surface area (Å²) in [4.78, 5) is 4.45. The van der Waals surface area contributed by atoms with Gasteiger partial charge in [-0.15, -0.1) is 0 Å². The molecular formula is C19H20F2N2O2. The van der Waals surface area contributed by atoms with Gasteiger partial charge in [-0.1, -0.05) is 0 Å². The van der Waals surface area contributed by atoms with Crippen LogP contribution in [0.2, 0.25) is 0 Å². The van der Waals surface area contributed by atoms with Crippen LogP contribution in [0, 0.1) is 25.5 Å². The minimum absolute atomic E-state index is 0.0708. The Morgan fingerprint density at radius 1 is 1.12 bits per heavy atom. The second-order valence-electron chi connectivity index (χ2n) is 5.93. The molecule has 0 bridgehead atoms. The number of hydrogen-bond acceptors (Lipinski definition) is 3. The summed E-state index contributed by atoms with van der Waals surface area (Å²) in [5.74, 6) is -0.607. The van der Waals surface area contributed by atoms with Crippen LogP contribution in [-0.2, 0) is 17.9 Å². The van der Waals surface area contributed by atoms with E-state index in [9.17, 15) is 8.78 Å². The van der Waals surface area contributed by atoms with Gasteiger partial charge in [0.1, 0.15) is 29.5 Å². The number of aryl methyl sites for hydroxylation is 1. The predicted molar refractivity (Wildman–Crippen MR) is 91.8 cm³/mol. The number of nitrogens with zero attached hydrogens (tertiary/aromatic N) is 2. The SMILES string of the molecule is COCCn1c(C)c(C)c2nccc(OCc3cc(F)cc(F)c3)c21. The van der Waals surface area contributed by atoms with Gasteiger partial charge in [-0.2, -0.15) is 0 Å². The summed E-state index contributed by atoms with van der Waals surface area (Å²) in [6.07, 6.45) is 1.68. The maximum absolute atomic E-state index is 13.3. The molecule has 0 saturated carbocycles. The molecule has 0 N–H and O–H groups in total. The topological polar surface area (TPSA) is 36.3 Å². The Hall–Kier alpha value is -2.47. The van der Waals surface area contributed by atoms with E-state index in [-0.39, 0.29) is 6.61 Å². The Morgan fingerprint density at radius 2 is 1.84 bits per heavy atom. The van der Waals surface area contributed by atoms with Crippen LogP contribution in [0.15, 0.2) is 30.5 Å². The molecule has 6 heteroatoms. The van der Waals surface area contributed by atoms with Crippen LogP contribution >= 0.6 is 0 Å². The van der Waals surface area contributed by atoms with Gasteiger partial charge in [0, 0.05) is 37.7 Å². The average Bonchev–Trinajstić information content (AvgIpc) is 2.82. The van der Waals surface area contributed by atoms with Crippen LogP contribution in [-0.4, -0.2) is 23.3 Å². The van der Waals surface area contributed by atoms with Crippen molar-refractivity contribution in [2.75, 3.05) is 13.7 Å². The lowest BCUT2D eigenvalue weighted by Crippen LogP contribution is -2.07. The molecule has 0 atom stereocenters. The largest absolute Gasteiger partial charge is 0.487 e. The van der Waals surface area contributed by atoms with Gasteiger partial charge in [0.05, 0.1) is 12.1 Å². The van der Waals surface area contributed by atoms with Crippen LogP contribution < -0.4 is 4.74 Å². The van der Waals surface area contributed by atoms with Crippen LogP contribution in [0.3, 0.4) is 0 Å². The second-order valence-corrected chi connectivity index (χ2v) is 5.93. The first-order chi connectivity index (χ1) is 12.0. The predicted octanol–water partition coefficient (Wildman–Crippen LogP) is 4.16. The van der Waals surface area contributed by atoms with Crippen LogP contribution in [0.5, 0.6) is 5.75 Å². The first kappa shape index (κ1) is 17.4. The monoisotopic (exact) mass is 346 g/mol. The number of halogens is 2. The molecule has 0 saturated heterocycles. The van der Waals surface area contributed by atoms with Crippen molar-refractivity contribution in [2.24, 2.45) is 0 Å². The summed E-state index contributed by atoms with van der Waals surface area (Å²) < 4.78 is 39.8. The number of methoxy groups -OCH3 is 1. The van der Waals surface area contributed by atoms with Gasteiger partial charge < -0.3 is 14.0 Å². The maximum atomic E-state index is 13.3. The zero-order chi connectivity index (χ0) is 18.0. The third-order valence-corrected chi connectivity index (χ3v) is 4.30. The van der Waals surface area contributed by atoms with Gasteiger partial charge >= 0.3 is 0 Å². The molecule has 0 radical (unpaired) electrons. The Kier molecular flexibility index (Phi) is 4.99. The molecule has 0 aliphatic heterocycles. The number of fused-ring (bicyclic) bond motifs is 1. The number of rotatable bonds is 6. The highest BCUT2D eigenvalue weighted by atomic mass is 19.1. The first-order valence-electron chi connectivity index (χ1n) is 8.02. The molecule has 0 aliphatic rings. The first-order valence-corrected chi connectivity index (χ1v) is 8.02. The van der Waals surface area contributed by atoms with E-state index in [2.05, 4.69) is 9.55 Å². The van der Waals surface area contributed by atoms with E-state index in [0.717, 1.165) is 28.4 Å². The normalized spacial score (nSPS) is 11.2. The van der Waals surface area contributed by atoms with Crippen LogP contribution in [0.4, 0.5) is 8.78 Å². The molecule has 0 aliphatic carbocycles. The third-order valence-electron chi connectivity index (χ3n) is 4.30. The van der Waals surface area contributed by atoms with Crippen molar-refractivity contribution < 1.29 is 18.3 Å². The summed E-state index contributed by atoms with van der Waals surface area (Å²) in [7, 11) is 1.65. The summed E-state index contributed by atoms with van der Waals surface area (Å²) >= 11 is 0. The van der Waals surface area contributed by atoms with Crippen molar-refractivity contribution in [1.29, 1.82) is 0 Å². The van der Waals surface area contributed by atoms with Gasteiger partial charge in [0.25, 0.3) is 0 Å². The molecular weight excluding hydrogens is 326 g/mol. The lowest BCUT2D eigenvalue weighted by atomic mass is 10.2. The van der Waals surface area contributed by atoms with Crippen LogP contribution in [0.25, 0.3) is 11.0 Å². The fourth-order valence-electron chi connectivity index (χ4n) is 2.95. The van der Waals surface area contributed by atoms with Crippen molar-refractivity contribution >= 4 is 11.0 Å². The summed E-state index contributed by atoms with van der Waals surface area (Å²) in [6.45, 7) is 5.34. The maximum Gasteiger partial charge on any atom is 0.147 e. The molecule has 132 valence electrons. The number of ether oxygens (including phenoxy) is 2. The third kappa shape index (κ3) is 3.49. The number of aromatic nitrogens is 2. The van der Waals surface area contributed by atoms with E-state index in [1.165, 1.54) is 12.1 Å². The van der Waals surface area contributed by atoms with E-state index in [1.807, 2.05) is 13.8 Å². The minimum atomic E-state index is -0.617. The zero-order valence-electron chi connectivity index (χ0n) is 14.5. The highest BCUT2D eigenvalue weighted by Crippen LogP contribution is 2.31. The van der Waals surface area contributed by atoms with Crippen molar-refractivity contribution in [2.45, 2.75) is 27.0 Å². The number of benzene rings is 1. The molecule has 2 heterocycles. The second kappa shape index (κ2) is 7.19. The molecule has 3 rings (SSSR count). The highest BCUT2D eigenvalue weighted by Gasteiger charge is 2.16. The standard InChI is InChI=1S/C19H20F2N2O2/c1-12-13(2)23(6-7-24-3)19-17(4-5-22-18(12)19)25-11-14-8-15(20)10-16(21)9-14/h4-5,8-10H,6-7,11H2,1-3H3. The molecule has 25 heavy (non-hydrogen) atoms. The van der Waals surface area contributed by atoms with Gasteiger partial charge in [0.2, 0.25) is 0 Å². The highest BCUT2D eigenvalue weighted by molar-refractivity contribution is 5.86. The quantitative estimate of drug-likeness (QED) is 0.672. The van der Waals surface area contributed by atoms with Crippen molar-refractivity contribution in [3.8, 4) is 5.75 Å². The lowest BCUT2D eigenvalue weighted by Gasteiger charge is -2.12. The Balaban J connectivity index is 1.96. The van der Waals surface area contributed by atoms with E-state index in [4.69, 9.17) is 9.47 Å². The summed E-state index contributed by atoms with van der Waals surface area (Å²) in [5.41, 5.74) is 4.33. The molecule has 2 aromatic heterocycles. The average molecular weight is 346 g/mol. The van der Waals surface area contributed by atoms with E-state index in [0.29, 0.717) is 24.5 Å². The fraction of sp³-hybridized carbons (Fsp3) is 0.316. The Morgan fingerprint density at radius 3 is 2.52 bits per heavy atom. The lowest BCUT2D eigenvalue weighted by molar-refractivity contribution is 0.187. The van der Waals surface area contributed by atoms with Crippen molar-refractivity contribution in [3.63, 3.8) is 0 Å². The fourth-order valence-corrected chi connectivity index (χ4v) is 2.95. The zero-order valence-corrected chi connectivity index (χ0v) is 14.5. The smallest absolute Gasteiger partial charge is 0.147 e. The van der Waals surface area contributed by atoms with Gasteiger partial charge in [0.15, 0.2) is 0 Å². The molecule has 0 amide bonds. The summed E-state index contributed by atoms with van der Waals surface area (Å²) in [5, 5.41) is 0. The van der Waals surface area contributed by atoms with E-state index < -0.39 is 11.6 Å². The molecule has 1 aromatic carbocycles. The van der Waals surface area contributed by atoms with Crippen molar-refractivity contribution in [3.05, 3.63) is 58.9 Å². The van der Waals surface area contributed by atoms with Gasteiger partial charge in [-0.3, -0.25) is 4.98 Å². The van der Waals surface area contributed by atoms with E-state index >= 15 is 0 Å². The van der Waals surface area contributed by atoms with Gasteiger partial charge in [-0.05, 0) is 37.1 Å². The molecule has 0 spiro atoms. The molecule has 3 aromatic rings. The number of hydrogen-bond donors (Lipinski definition) is 0. The Labute approximate surface area is 145 Å². The van der Waals surface area contributed by atoms with Crippen molar-refractivity contribution in [1.82, 2.24) is 9.55 Å². The minimum Gasteiger partial charge on any atom is -0.487 e.